The lowest BCUT2D eigenvalue weighted by Crippen LogP contribution is -1.98. The van der Waals surface area contributed by atoms with Crippen LogP contribution in [0.5, 0.6) is 0 Å². The largest absolute Gasteiger partial charge is 0.294 e. The molecule has 0 aliphatic carbocycles. The first-order chi connectivity index (χ1) is 6.15. The Kier molecular flexibility index (Phi) is 3.67. The van der Waals surface area contributed by atoms with Crippen molar-refractivity contribution in [3.8, 4) is 0 Å². The summed E-state index contributed by atoms with van der Waals surface area (Å²) in [6, 6.07) is 5.75. The first-order valence-electron chi connectivity index (χ1n) is 4.44. The number of Topliss-reactive ketones (excluding diaryl/α,β-unsaturated/α-hetero) is 1. The molecule has 1 nitrogen and oxygen atoms in total. The van der Waals surface area contributed by atoms with Crippen LogP contribution in [-0.2, 0) is 0 Å². The zero-order chi connectivity index (χ0) is 9.84. The molecular formula is C11H13BrO. The molecule has 0 atom stereocenters. The van der Waals surface area contributed by atoms with Gasteiger partial charge in [0.2, 0.25) is 0 Å². The van der Waals surface area contributed by atoms with Gasteiger partial charge in [-0.2, -0.15) is 0 Å². The summed E-state index contributed by atoms with van der Waals surface area (Å²) in [4.78, 5) is 11.5. The van der Waals surface area contributed by atoms with Crippen molar-refractivity contribution in [3.63, 3.8) is 0 Å². The molecule has 0 aliphatic heterocycles. The van der Waals surface area contributed by atoms with Crippen molar-refractivity contribution in [1.29, 1.82) is 0 Å². The van der Waals surface area contributed by atoms with E-state index in [1.807, 2.05) is 32.0 Å². The summed E-state index contributed by atoms with van der Waals surface area (Å²) in [5.41, 5.74) is 1.97. The molecule has 0 fully saturated rings. The molecule has 70 valence electrons. The van der Waals surface area contributed by atoms with Crippen LogP contribution in [0.25, 0.3) is 0 Å². The minimum absolute atomic E-state index is 0.225. The van der Waals surface area contributed by atoms with Gasteiger partial charge >= 0.3 is 0 Å². The number of ketones is 1. The van der Waals surface area contributed by atoms with Gasteiger partial charge < -0.3 is 0 Å². The van der Waals surface area contributed by atoms with Crippen molar-refractivity contribution in [3.05, 3.63) is 33.8 Å². The summed E-state index contributed by atoms with van der Waals surface area (Å²) < 4.78 is 1.01. The molecule has 1 aromatic rings. The highest BCUT2D eigenvalue weighted by Crippen LogP contribution is 2.18. The Morgan fingerprint density at radius 2 is 2.15 bits per heavy atom. The van der Waals surface area contributed by atoms with E-state index in [0.717, 1.165) is 22.0 Å². The maximum absolute atomic E-state index is 11.5. The zero-order valence-electron chi connectivity index (χ0n) is 7.93. The predicted octanol–water partition coefficient (Wildman–Crippen LogP) is 3.74. The highest BCUT2D eigenvalue weighted by atomic mass is 79.9. The fourth-order valence-corrected chi connectivity index (χ4v) is 1.52. The van der Waals surface area contributed by atoms with Crippen LogP contribution < -0.4 is 0 Å². The molecule has 2 heteroatoms. The summed E-state index contributed by atoms with van der Waals surface area (Å²) in [7, 11) is 0. The Balaban J connectivity index is 2.90. The van der Waals surface area contributed by atoms with Gasteiger partial charge in [-0.05, 0) is 25.0 Å². The number of hydrogen-bond donors (Lipinski definition) is 0. The fraction of sp³-hybridized carbons (Fsp3) is 0.364. The molecule has 0 bridgehead atoms. The lowest BCUT2D eigenvalue weighted by atomic mass is 10.1. The van der Waals surface area contributed by atoms with E-state index in [2.05, 4.69) is 15.9 Å². The van der Waals surface area contributed by atoms with E-state index in [-0.39, 0.29) is 5.78 Å². The summed E-state index contributed by atoms with van der Waals surface area (Å²) in [6.07, 6.45) is 1.54. The number of benzene rings is 1. The number of carbonyl (C=O) groups is 1. The van der Waals surface area contributed by atoms with Crippen LogP contribution in [0.4, 0.5) is 0 Å². The zero-order valence-corrected chi connectivity index (χ0v) is 9.52. The topological polar surface area (TPSA) is 17.1 Å². The Bertz CT molecular complexity index is 318. The van der Waals surface area contributed by atoms with Gasteiger partial charge in [0.15, 0.2) is 5.78 Å². The van der Waals surface area contributed by atoms with Gasteiger partial charge in [0.1, 0.15) is 0 Å². The van der Waals surface area contributed by atoms with Crippen molar-refractivity contribution < 1.29 is 4.79 Å². The molecule has 0 aromatic heterocycles. The van der Waals surface area contributed by atoms with Crippen LogP contribution in [0.2, 0.25) is 0 Å². The third kappa shape index (κ3) is 2.66. The van der Waals surface area contributed by atoms with Crippen LogP contribution in [0.1, 0.15) is 35.7 Å². The van der Waals surface area contributed by atoms with Gasteiger partial charge in [-0.3, -0.25) is 4.79 Å². The summed E-state index contributed by atoms with van der Waals surface area (Å²) in [5.74, 6) is 0.225. The van der Waals surface area contributed by atoms with E-state index in [1.54, 1.807) is 0 Å². The van der Waals surface area contributed by atoms with Gasteiger partial charge in [-0.15, -0.1) is 0 Å². The number of aryl methyl sites for hydroxylation is 1. The molecule has 13 heavy (non-hydrogen) atoms. The van der Waals surface area contributed by atoms with Gasteiger partial charge in [0.05, 0.1) is 0 Å². The van der Waals surface area contributed by atoms with Crippen LogP contribution in [0.3, 0.4) is 0 Å². The number of carbonyl (C=O) groups excluding carboxylic acids is 1. The number of halogens is 1. The molecule has 1 aromatic carbocycles. The third-order valence-corrected chi connectivity index (χ3v) is 2.83. The molecule has 0 amide bonds. The highest BCUT2D eigenvalue weighted by Gasteiger charge is 2.05. The lowest BCUT2D eigenvalue weighted by molar-refractivity contribution is 0.0981. The average molecular weight is 241 g/mol. The van der Waals surface area contributed by atoms with Gasteiger partial charge in [-0.1, -0.05) is 35.0 Å². The quantitative estimate of drug-likeness (QED) is 0.736. The SMILES string of the molecule is CCCC(=O)c1ccc(C)c(Br)c1. The number of hydrogen-bond acceptors (Lipinski definition) is 1. The Morgan fingerprint density at radius 3 is 2.69 bits per heavy atom. The van der Waals surface area contributed by atoms with Crippen molar-refractivity contribution >= 4 is 21.7 Å². The summed E-state index contributed by atoms with van der Waals surface area (Å²) in [6.45, 7) is 4.03. The maximum atomic E-state index is 11.5. The molecule has 0 saturated heterocycles. The summed E-state index contributed by atoms with van der Waals surface area (Å²) >= 11 is 3.41. The van der Waals surface area contributed by atoms with Gasteiger partial charge in [0.25, 0.3) is 0 Å². The van der Waals surface area contributed by atoms with Crippen molar-refractivity contribution in [2.45, 2.75) is 26.7 Å². The Morgan fingerprint density at radius 1 is 1.46 bits per heavy atom. The van der Waals surface area contributed by atoms with Gasteiger partial charge in [-0.25, -0.2) is 0 Å². The van der Waals surface area contributed by atoms with E-state index in [0.29, 0.717) is 6.42 Å². The third-order valence-electron chi connectivity index (χ3n) is 1.97. The second-order valence-corrected chi connectivity index (χ2v) is 3.99. The maximum Gasteiger partial charge on any atom is 0.162 e. The van der Waals surface area contributed by atoms with Crippen molar-refractivity contribution in [2.75, 3.05) is 0 Å². The van der Waals surface area contributed by atoms with E-state index >= 15 is 0 Å². The van der Waals surface area contributed by atoms with E-state index < -0.39 is 0 Å². The first kappa shape index (κ1) is 10.5. The monoisotopic (exact) mass is 240 g/mol. The molecular weight excluding hydrogens is 228 g/mol. The Labute approximate surface area is 87.3 Å². The van der Waals surface area contributed by atoms with Crippen LogP contribution in [-0.4, -0.2) is 5.78 Å². The number of rotatable bonds is 3. The van der Waals surface area contributed by atoms with Crippen LogP contribution in [0.15, 0.2) is 22.7 Å². The molecule has 0 spiro atoms. The molecule has 0 saturated carbocycles. The lowest BCUT2D eigenvalue weighted by Gasteiger charge is -2.02. The van der Waals surface area contributed by atoms with Crippen molar-refractivity contribution in [2.24, 2.45) is 0 Å². The van der Waals surface area contributed by atoms with E-state index in [1.165, 1.54) is 0 Å². The minimum Gasteiger partial charge on any atom is -0.294 e. The van der Waals surface area contributed by atoms with E-state index in [9.17, 15) is 4.79 Å². The second-order valence-electron chi connectivity index (χ2n) is 3.14. The van der Waals surface area contributed by atoms with E-state index in [4.69, 9.17) is 0 Å². The minimum atomic E-state index is 0.225. The average Bonchev–Trinajstić information content (AvgIpc) is 2.10. The second kappa shape index (κ2) is 4.56. The molecule has 0 unspecified atom stereocenters. The standard InChI is InChI=1S/C11H13BrO/c1-3-4-11(13)9-6-5-8(2)10(12)7-9/h5-7H,3-4H2,1-2H3. The fourth-order valence-electron chi connectivity index (χ4n) is 1.14. The predicted molar refractivity (Wildman–Crippen MR) is 58.1 cm³/mol. The molecule has 1 rings (SSSR count). The normalized spacial score (nSPS) is 10.1. The smallest absolute Gasteiger partial charge is 0.162 e. The molecule has 0 radical (unpaired) electrons. The Hall–Kier alpha value is -0.630. The van der Waals surface area contributed by atoms with Gasteiger partial charge in [0, 0.05) is 16.5 Å². The molecule has 0 heterocycles. The van der Waals surface area contributed by atoms with Crippen LogP contribution >= 0.6 is 15.9 Å². The molecule has 0 N–H and O–H groups in total. The first-order valence-corrected chi connectivity index (χ1v) is 5.23. The highest BCUT2D eigenvalue weighted by molar-refractivity contribution is 9.10. The van der Waals surface area contributed by atoms with Crippen molar-refractivity contribution in [1.82, 2.24) is 0 Å². The molecule has 0 aliphatic rings. The summed E-state index contributed by atoms with van der Waals surface area (Å²) in [5, 5.41) is 0. The van der Waals surface area contributed by atoms with Crippen LogP contribution in [0, 0.1) is 6.92 Å².